The van der Waals surface area contributed by atoms with Crippen LogP contribution in [0.3, 0.4) is 0 Å². The average molecular weight is 1400 g/mol. The van der Waals surface area contributed by atoms with Crippen molar-refractivity contribution in [2.75, 3.05) is 39.6 Å². The van der Waals surface area contributed by atoms with E-state index in [1.807, 2.05) is 0 Å². The van der Waals surface area contributed by atoms with Crippen molar-refractivity contribution < 1.29 is 80.2 Å². The summed E-state index contributed by atoms with van der Waals surface area (Å²) in [5.41, 5.74) is 0. The quantitative estimate of drug-likeness (QED) is 0.0222. The van der Waals surface area contributed by atoms with Crippen LogP contribution in [0.5, 0.6) is 0 Å². The Hall–Kier alpha value is -1.94. The average Bonchev–Trinajstić information content (AvgIpc) is 1.44. The lowest BCUT2D eigenvalue weighted by molar-refractivity contribution is -0.161. The van der Waals surface area contributed by atoms with Gasteiger partial charge in [-0.1, -0.05) is 331 Å². The van der Waals surface area contributed by atoms with Gasteiger partial charge in [0.25, 0.3) is 0 Å². The number of phosphoric ester groups is 2. The fourth-order valence-corrected chi connectivity index (χ4v) is 13.1. The summed E-state index contributed by atoms with van der Waals surface area (Å²) in [6.45, 7) is 14.1. The summed E-state index contributed by atoms with van der Waals surface area (Å²) < 4.78 is 68.5. The molecule has 0 rings (SSSR count). The third kappa shape index (κ3) is 70.3. The minimum atomic E-state index is -4.96. The molecular formula is C76H148O17P2. The van der Waals surface area contributed by atoms with Crippen molar-refractivity contribution in [3.8, 4) is 0 Å². The fourth-order valence-electron chi connectivity index (χ4n) is 11.6. The molecule has 564 valence electrons. The Morgan fingerprint density at radius 2 is 0.442 bits per heavy atom. The molecule has 95 heavy (non-hydrogen) atoms. The summed E-state index contributed by atoms with van der Waals surface area (Å²) in [4.78, 5) is 72.7. The zero-order chi connectivity index (χ0) is 70.3. The van der Waals surface area contributed by atoms with Crippen LogP contribution in [0, 0.1) is 23.7 Å². The number of hydrogen-bond acceptors (Lipinski definition) is 15. The van der Waals surface area contributed by atoms with Crippen LogP contribution < -0.4 is 0 Å². The van der Waals surface area contributed by atoms with Gasteiger partial charge in [0.15, 0.2) is 12.2 Å². The third-order valence-electron chi connectivity index (χ3n) is 17.6. The van der Waals surface area contributed by atoms with E-state index in [2.05, 4.69) is 55.4 Å². The molecule has 5 atom stereocenters. The smallest absolute Gasteiger partial charge is 0.462 e. The molecule has 0 spiro atoms. The van der Waals surface area contributed by atoms with Crippen LogP contribution in [-0.4, -0.2) is 96.7 Å². The highest BCUT2D eigenvalue weighted by molar-refractivity contribution is 7.47. The Kier molecular flexibility index (Phi) is 64.0. The van der Waals surface area contributed by atoms with E-state index in [1.165, 1.54) is 180 Å². The van der Waals surface area contributed by atoms with E-state index in [-0.39, 0.29) is 25.7 Å². The zero-order valence-electron chi connectivity index (χ0n) is 62.3. The number of carbonyl (C=O) groups is 4. The number of unbranched alkanes of at least 4 members (excludes halogenated alkanes) is 39. The molecular weight excluding hydrogens is 1250 g/mol. The van der Waals surface area contributed by atoms with Crippen LogP contribution in [0.15, 0.2) is 0 Å². The molecule has 0 aromatic carbocycles. The minimum Gasteiger partial charge on any atom is -0.462 e. The molecule has 3 N–H and O–H groups in total. The van der Waals surface area contributed by atoms with Crippen molar-refractivity contribution in [3.05, 3.63) is 0 Å². The molecule has 0 bridgehead atoms. The predicted octanol–water partition coefficient (Wildman–Crippen LogP) is 22.0. The molecule has 0 aliphatic rings. The van der Waals surface area contributed by atoms with E-state index in [4.69, 9.17) is 37.0 Å². The van der Waals surface area contributed by atoms with Gasteiger partial charge in [-0.25, -0.2) is 9.13 Å². The van der Waals surface area contributed by atoms with Crippen LogP contribution in [-0.2, 0) is 65.4 Å². The molecule has 0 radical (unpaired) electrons. The summed E-state index contributed by atoms with van der Waals surface area (Å²) in [7, 11) is -9.91. The van der Waals surface area contributed by atoms with Gasteiger partial charge < -0.3 is 33.8 Å². The zero-order valence-corrected chi connectivity index (χ0v) is 64.1. The number of esters is 4. The number of hydrogen-bond donors (Lipinski definition) is 3. The van der Waals surface area contributed by atoms with Gasteiger partial charge in [0.05, 0.1) is 26.4 Å². The number of phosphoric acid groups is 2. The fraction of sp³-hybridized carbons (Fsp3) is 0.947. The summed E-state index contributed by atoms with van der Waals surface area (Å²) in [6, 6.07) is 0. The van der Waals surface area contributed by atoms with Crippen molar-refractivity contribution in [1.82, 2.24) is 0 Å². The lowest BCUT2D eigenvalue weighted by atomic mass is 10.0. The Morgan fingerprint density at radius 3 is 0.653 bits per heavy atom. The summed E-state index contributed by atoms with van der Waals surface area (Å²) in [6.07, 6.45) is 50.2. The van der Waals surface area contributed by atoms with E-state index in [0.717, 1.165) is 108 Å². The lowest BCUT2D eigenvalue weighted by Gasteiger charge is -2.21. The first-order chi connectivity index (χ1) is 45.6. The van der Waals surface area contributed by atoms with Gasteiger partial charge in [-0.2, -0.15) is 0 Å². The summed E-state index contributed by atoms with van der Waals surface area (Å²) in [5, 5.41) is 10.6. The number of aliphatic hydroxyl groups excluding tert-OH is 1. The highest BCUT2D eigenvalue weighted by Gasteiger charge is 2.30. The van der Waals surface area contributed by atoms with Crippen LogP contribution >= 0.6 is 15.6 Å². The number of ether oxygens (including phenoxy) is 4. The Labute approximate surface area is 581 Å². The number of aliphatic hydroxyl groups is 1. The van der Waals surface area contributed by atoms with E-state index in [1.54, 1.807) is 0 Å². The second-order valence-corrected chi connectivity index (χ2v) is 32.2. The van der Waals surface area contributed by atoms with Gasteiger partial charge in [0.1, 0.15) is 19.3 Å². The van der Waals surface area contributed by atoms with Gasteiger partial charge in [-0.3, -0.25) is 37.3 Å². The van der Waals surface area contributed by atoms with E-state index < -0.39 is 97.5 Å². The number of carbonyl (C=O) groups excluding carboxylic acids is 4. The van der Waals surface area contributed by atoms with Crippen molar-refractivity contribution in [2.45, 2.75) is 401 Å². The maximum Gasteiger partial charge on any atom is 0.472 e. The monoisotopic (exact) mass is 1400 g/mol. The summed E-state index contributed by atoms with van der Waals surface area (Å²) in [5.74, 6) is 0.878. The molecule has 0 saturated heterocycles. The Bertz CT molecular complexity index is 1870. The molecule has 0 aromatic rings. The molecule has 19 heteroatoms. The third-order valence-corrected chi connectivity index (χ3v) is 19.5. The summed E-state index contributed by atoms with van der Waals surface area (Å²) >= 11 is 0. The lowest BCUT2D eigenvalue weighted by Crippen LogP contribution is -2.30. The van der Waals surface area contributed by atoms with Crippen LogP contribution in [0.4, 0.5) is 0 Å². The SMILES string of the molecule is CC(C)CCCCCCCCCCCCCCCCCC(=O)OC[C@H](COP(=O)(O)OCC(O)COP(=O)(O)OC[C@@H](COC(=O)CCCCCCCCCC(C)C)OC(=O)CCCCCCCCCCCCCCCCC(C)C)OC(=O)CCCCCCCCCC(C)C. The van der Waals surface area contributed by atoms with Gasteiger partial charge >= 0.3 is 39.5 Å². The Balaban J connectivity index is 5.18. The minimum absolute atomic E-state index is 0.103. The molecule has 0 amide bonds. The van der Waals surface area contributed by atoms with Crippen LogP contribution in [0.1, 0.15) is 383 Å². The predicted molar refractivity (Wildman–Crippen MR) is 386 cm³/mol. The first-order valence-electron chi connectivity index (χ1n) is 39.2. The first kappa shape index (κ1) is 93.1. The number of rotatable bonds is 73. The molecule has 0 aliphatic heterocycles. The van der Waals surface area contributed by atoms with Crippen LogP contribution in [0.2, 0.25) is 0 Å². The largest absolute Gasteiger partial charge is 0.472 e. The molecule has 0 fully saturated rings. The van der Waals surface area contributed by atoms with Crippen molar-refractivity contribution in [1.29, 1.82) is 0 Å². The van der Waals surface area contributed by atoms with Gasteiger partial charge in [0, 0.05) is 25.7 Å². The maximum atomic E-state index is 13.1. The maximum absolute atomic E-state index is 13.1. The van der Waals surface area contributed by atoms with Gasteiger partial charge in [-0.15, -0.1) is 0 Å². The highest BCUT2D eigenvalue weighted by Crippen LogP contribution is 2.45. The molecule has 17 nitrogen and oxygen atoms in total. The normalized spacial score (nSPS) is 14.1. The molecule has 0 aliphatic carbocycles. The standard InChI is InChI=1S/C76H148O17P2/c1-66(2)52-44-36-28-22-18-14-10-9-11-16-20-24-32-40-48-56-73(78)86-62-72(93-76(81)59-51-43-35-27-31-39-47-55-69(7)8)65-91-95(84,85)89-61-70(77)60-88-94(82,83)90-64-71(63-87-74(79)57-49-41-34-26-30-38-46-54-68(5)6)92-75(80)58-50-42-33-25-21-17-13-12-15-19-23-29-37-45-53-67(3)4/h66-72,77H,9-65H2,1-8H3,(H,82,83)(H,84,85)/t70?,71-,72-/m1/s1. The Morgan fingerprint density at radius 1 is 0.263 bits per heavy atom. The topological polar surface area (TPSA) is 237 Å². The highest BCUT2D eigenvalue weighted by atomic mass is 31.2. The van der Waals surface area contributed by atoms with E-state index in [0.29, 0.717) is 37.5 Å². The second-order valence-electron chi connectivity index (χ2n) is 29.3. The molecule has 0 saturated carbocycles. The van der Waals surface area contributed by atoms with E-state index in [9.17, 15) is 43.2 Å². The van der Waals surface area contributed by atoms with Crippen molar-refractivity contribution in [3.63, 3.8) is 0 Å². The van der Waals surface area contributed by atoms with Gasteiger partial charge in [-0.05, 0) is 49.4 Å². The molecule has 3 unspecified atom stereocenters. The second kappa shape index (κ2) is 65.4. The van der Waals surface area contributed by atoms with Crippen LogP contribution in [0.25, 0.3) is 0 Å². The molecule has 0 heterocycles. The van der Waals surface area contributed by atoms with Crippen molar-refractivity contribution in [2.24, 2.45) is 23.7 Å². The first-order valence-corrected chi connectivity index (χ1v) is 42.2. The van der Waals surface area contributed by atoms with Gasteiger partial charge in [0.2, 0.25) is 0 Å². The molecule has 0 aromatic heterocycles. The van der Waals surface area contributed by atoms with E-state index >= 15 is 0 Å². The van der Waals surface area contributed by atoms with Crippen molar-refractivity contribution >= 4 is 39.5 Å².